The first kappa shape index (κ1) is 27.6. The summed E-state index contributed by atoms with van der Waals surface area (Å²) in [5.41, 5.74) is 4.26. The molecule has 3 aliphatic rings. The summed E-state index contributed by atoms with van der Waals surface area (Å²) in [6.07, 6.45) is 4.63. The van der Waals surface area contributed by atoms with Gasteiger partial charge in [-0.05, 0) is 68.7 Å². The van der Waals surface area contributed by atoms with Gasteiger partial charge in [0.1, 0.15) is 17.6 Å². The van der Waals surface area contributed by atoms with Gasteiger partial charge in [-0.15, -0.1) is 0 Å². The molecule has 0 bridgehead atoms. The molecule has 0 saturated heterocycles. The summed E-state index contributed by atoms with van der Waals surface area (Å²) in [5.74, 6) is 1.35. The third kappa shape index (κ3) is 5.15. The number of Topliss-reactive ketones (excluding diaryl/α,β-unsaturated/α-hetero) is 1. The van der Waals surface area contributed by atoms with E-state index in [9.17, 15) is 9.59 Å². The second kappa shape index (κ2) is 11.7. The van der Waals surface area contributed by atoms with Crippen molar-refractivity contribution in [3.8, 4) is 23.0 Å². The minimum Gasteiger partial charge on any atom is -0.497 e. The SMILES string of the molecule is COc1ccc([C@@H]2C(C(=O)OC3CCCC3)=C(C)NC3=C2C(=O)C[C@@H](c2ccc(OC)c(OC)c2)C3)c(OC)c1. The lowest BCUT2D eigenvalue weighted by Crippen LogP contribution is -2.36. The first-order valence-electron chi connectivity index (χ1n) is 13.8. The maximum atomic E-state index is 14.0. The zero-order valence-electron chi connectivity index (χ0n) is 23.8. The summed E-state index contributed by atoms with van der Waals surface area (Å²) in [6, 6.07) is 11.3. The predicted octanol–water partition coefficient (Wildman–Crippen LogP) is 5.57. The van der Waals surface area contributed by atoms with E-state index in [1.54, 1.807) is 34.5 Å². The number of benzene rings is 2. The van der Waals surface area contributed by atoms with E-state index in [-0.39, 0.29) is 23.8 Å². The van der Waals surface area contributed by atoms with Crippen molar-refractivity contribution in [3.05, 3.63) is 70.1 Å². The third-order valence-corrected chi connectivity index (χ3v) is 8.25. The van der Waals surface area contributed by atoms with Gasteiger partial charge in [0.15, 0.2) is 17.3 Å². The van der Waals surface area contributed by atoms with Crippen molar-refractivity contribution in [2.75, 3.05) is 28.4 Å². The number of rotatable bonds is 8. The monoisotopic (exact) mass is 547 g/mol. The molecule has 0 spiro atoms. The van der Waals surface area contributed by atoms with E-state index in [0.29, 0.717) is 52.7 Å². The van der Waals surface area contributed by atoms with E-state index in [4.69, 9.17) is 23.7 Å². The summed E-state index contributed by atoms with van der Waals surface area (Å²) >= 11 is 0. The highest BCUT2D eigenvalue weighted by atomic mass is 16.5. The molecule has 0 amide bonds. The summed E-state index contributed by atoms with van der Waals surface area (Å²) in [4.78, 5) is 27.7. The number of esters is 1. The van der Waals surface area contributed by atoms with Gasteiger partial charge < -0.3 is 29.0 Å². The molecular weight excluding hydrogens is 510 g/mol. The normalized spacial score (nSPS) is 21.1. The fourth-order valence-corrected chi connectivity index (χ4v) is 6.24. The van der Waals surface area contributed by atoms with Crippen LogP contribution in [0.4, 0.5) is 0 Å². The number of methoxy groups -OCH3 is 4. The number of carbonyl (C=O) groups is 2. The van der Waals surface area contributed by atoms with E-state index >= 15 is 0 Å². The molecule has 2 aromatic carbocycles. The average molecular weight is 548 g/mol. The fourth-order valence-electron chi connectivity index (χ4n) is 6.24. The molecule has 2 atom stereocenters. The van der Waals surface area contributed by atoms with Crippen LogP contribution in [0.1, 0.15) is 68.4 Å². The van der Waals surface area contributed by atoms with Crippen LogP contribution in [0.2, 0.25) is 0 Å². The standard InChI is InChI=1S/C32H37NO7/c1-18-29(32(35)40-21-8-6-7-9-21)30(23-12-11-22(36-2)17-27(23)38-4)31-24(33-18)14-20(15-25(31)34)19-10-13-26(37-3)28(16-19)39-5/h10-13,16-17,20-21,30,33H,6-9,14-15H2,1-5H3/t20-,30+/m0/s1. The molecule has 1 aliphatic heterocycles. The maximum absolute atomic E-state index is 14.0. The van der Waals surface area contributed by atoms with Crippen LogP contribution < -0.4 is 24.3 Å². The highest BCUT2D eigenvalue weighted by Crippen LogP contribution is 2.49. The van der Waals surface area contributed by atoms with E-state index in [1.807, 2.05) is 37.3 Å². The Morgan fingerprint density at radius 1 is 0.850 bits per heavy atom. The van der Waals surface area contributed by atoms with Crippen molar-refractivity contribution in [3.63, 3.8) is 0 Å². The molecule has 1 saturated carbocycles. The van der Waals surface area contributed by atoms with Crippen LogP contribution in [-0.4, -0.2) is 46.3 Å². The van der Waals surface area contributed by atoms with Gasteiger partial charge in [-0.1, -0.05) is 12.1 Å². The quantitative estimate of drug-likeness (QED) is 0.429. The first-order valence-corrected chi connectivity index (χ1v) is 13.8. The van der Waals surface area contributed by atoms with Crippen LogP contribution in [0, 0.1) is 0 Å². The minimum absolute atomic E-state index is 0.0185. The molecule has 212 valence electrons. The van der Waals surface area contributed by atoms with E-state index in [2.05, 4.69) is 5.32 Å². The minimum atomic E-state index is -0.620. The van der Waals surface area contributed by atoms with E-state index in [0.717, 1.165) is 42.5 Å². The lowest BCUT2D eigenvalue weighted by atomic mass is 9.71. The first-order chi connectivity index (χ1) is 19.4. The van der Waals surface area contributed by atoms with Crippen molar-refractivity contribution in [2.45, 2.75) is 63.4 Å². The van der Waals surface area contributed by atoms with Crippen LogP contribution in [0.3, 0.4) is 0 Å². The number of ether oxygens (including phenoxy) is 5. The molecule has 1 heterocycles. The molecule has 1 fully saturated rings. The smallest absolute Gasteiger partial charge is 0.337 e. The Kier molecular flexibility index (Phi) is 8.05. The van der Waals surface area contributed by atoms with E-state index < -0.39 is 5.92 Å². The number of hydrogen-bond acceptors (Lipinski definition) is 8. The zero-order chi connectivity index (χ0) is 28.4. The van der Waals surface area contributed by atoms with Crippen molar-refractivity contribution in [1.82, 2.24) is 5.32 Å². The number of hydrogen-bond donors (Lipinski definition) is 1. The summed E-state index contributed by atoms with van der Waals surface area (Å²) in [5, 5.41) is 3.43. The highest BCUT2D eigenvalue weighted by Gasteiger charge is 2.43. The molecule has 8 nitrogen and oxygen atoms in total. The molecule has 2 aliphatic carbocycles. The largest absolute Gasteiger partial charge is 0.497 e. The van der Waals surface area contributed by atoms with Crippen LogP contribution in [0.5, 0.6) is 23.0 Å². The van der Waals surface area contributed by atoms with Gasteiger partial charge in [0.2, 0.25) is 0 Å². The average Bonchev–Trinajstić information content (AvgIpc) is 3.48. The number of dihydropyridines is 1. The molecule has 2 aromatic rings. The number of carbonyl (C=O) groups excluding carboxylic acids is 2. The predicted molar refractivity (Wildman–Crippen MR) is 150 cm³/mol. The van der Waals surface area contributed by atoms with Crippen molar-refractivity contribution >= 4 is 11.8 Å². The van der Waals surface area contributed by atoms with Gasteiger partial charge in [0.05, 0.1) is 39.9 Å². The zero-order valence-corrected chi connectivity index (χ0v) is 23.8. The molecule has 0 radical (unpaired) electrons. The van der Waals surface area contributed by atoms with Crippen LogP contribution in [0.15, 0.2) is 58.9 Å². The Morgan fingerprint density at radius 3 is 2.25 bits per heavy atom. The molecule has 0 aromatic heterocycles. The van der Waals surface area contributed by atoms with Crippen LogP contribution in [-0.2, 0) is 14.3 Å². The molecule has 1 N–H and O–H groups in total. The maximum Gasteiger partial charge on any atom is 0.337 e. The molecular formula is C32H37NO7. The van der Waals surface area contributed by atoms with Crippen molar-refractivity contribution in [2.24, 2.45) is 0 Å². The van der Waals surface area contributed by atoms with Gasteiger partial charge in [-0.3, -0.25) is 4.79 Å². The van der Waals surface area contributed by atoms with Gasteiger partial charge >= 0.3 is 5.97 Å². The van der Waals surface area contributed by atoms with Crippen molar-refractivity contribution < 1.29 is 33.3 Å². The Morgan fingerprint density at radius 2 is 1.57 bits per heavy atom. The van der Waals surface area contributed by atoms with Gasteiger partial charge in [0, 0.05) is 35.0 Å². The fraction of sp³-hybridized carbons (Fsp3) is 0.438. The Bertz CT molecular complexity index is 1370. The van der Waals surface area contributed by atoms with Crippen LogP contribution in [0.25, 0.3) is 0 Å². The number of allylic oxidation sites excluding steroid dienone is 3. The second-order valence-electron chi connectivity index (χ2n) is 10.6. The Balaban J connectivity index is 1.57. The molecule has 40 heavy (non-hydrogen) atoms. The summed E-state index contributed by atoms with van der Waals surface area (Å²) in [6.45, 7) is 1.88. The topological polar surface area (TPSA) is 92.3 Å². The van der Waals surface area contributed by atoms with E-state index in [1.165, 1.54) is 0 Å². The highest BCUT2D eigenvalue weighted by molar-refractivity contribution is 6.04. The van der Waals surface area contributed by atoms with Gasteiger partial charge in [-0.25, -0.2) is 4.79 Å². The number of ketones is 1. The number of nitrogens with one attached hydrogen (secondary N) is 1. The summed E-state index contributed by atoms with van der Waals surface area (Å²) in [7, 11) is 6.37. The molecule has 8 heteroatoms. The Labute approximate surface area is 235 Å². The lowest BCUT2D eigenvalue weighted by Gasteiger charge is -2.37. The summed E-state index contributed by atoms with van der Waals surface area (Å²) < 4.78 is 28.1. The lowest BCUT2D eigenvalue weighted by molar-refractivity contribution is -0.144. The van der Waals surface area contributed by atoms with Gasteiger partial charge in [0.25, 0.3) is 0 Å². The molecule has 5 rings (SSSR count). The molecule has 0 unspecified atom stereocenters. The van der Waals surface area contributed by atoms with Gasteiger partial charge in [-0.2, -0.15) is 0 Å². The Hall–Kier alpha value is -3.94. The van der Waals surface area contributed by atoms with Crippen LogP contribution >= 0.6 is 0 Å². The van der Waals surface area contributed by atoms with Crippen molar-refractivity contribution in [1.29, 1.82) is 0 Å². The second-order valence-corrected chi connectivity index (χ2v) is 10.6. The third-order valence-electron chi connectivity index (χ3n) is 8.25.